The summed E-state index contributed by atoms with van der Waals surface area (Å²) in [6, 6.07) is 2.01. The van der Waals surface area contributed by atoms with Gasteiger partial charge in [0, 0.05) is 0 Å². The van der Waals surface area contributed by atoms with Crippen molar-refractivity contribution in [3.05, 3.63) is 28.5 Å². The molecule has 0 spiro atoms. The Morgan fingerprint density at radius 3 is 2.53 bits per heavy atom. The maximum atomic E-state index is 12.3. The number of ether oxygens (including phenoxy) is 1. The maximum Gasteiger partial charge on any atom is 0.434 e. The molecule has 0 N–H and O–H groups in total. The fraction of sp³-hybridized carbons (Fsp3) is 0.250. The third-order valence-corrected chi connectivity index (χ3v) is 1.81. The van der Waals surface area contributed by atoms with E-state index in [1.807, 2.05) is 0 Å². The Kier molecular flexibility index (Phi) is 3.18. The van der Waals surface area contributed by atoms with E-state index >= 15 is 0 Å². The summed E-state index contributed by atoms with van der Waals surface area (Å²) in [7, 11) is 1.05. The molecule has 0 radical (unpaired) electrons. The van der Waals surface area contributed by atoms with Crippen LogP contribution in [0.15, 0.2) is 12.1 Å². The van der Waals surface area contributed by atoms with Gasteiger partial charge >= 0.3 is 12.1 Å². The Bertz CT molecular complexity index is 392. The first-order valence-electron chi connectivity index (χ1n) is 3.68. The first kappa shape index (κ1) is 11.8. The minimum atomic E-state index is -4.69. The molecule has 7 heteroatoms. The van der Waals surface area contributed by atoms with Crippen molar-refractivity contribution in [2.45, 2.75) is 6.18 Å². The van der Waals surface area contributed by atoms with Crippen LogP contribution in [0.2, 0.25) is 5.02 Å². The largest absolute Gasteiger partial charge is 0.464 e. The molecule has 0 unspecified atom stereocenters. The van der Waals surface area contributed by atoms with Gasteiger partial charge in [0.2, 0.25) is 0 Å². The van der Waals surface area contributed by atoms with Gasteiger partial charge in [-0.05, 0) is 12.1 Å². The third kappa shape index (κ3) is 2.59. The summed E-state index contributed by atoms with van der Waals surface area (Å²) in [5.74, 6) is -0.947. The number of esters is 1. The van der Waals surface area contributed by atoms with E-state index in [9.17, 15) is 18.0 Å². The van der Waals surface area contributed by atoms with Gasteiger partial charge in [0.05, 0.1) is 12.1 Å². The highest BCUT2D eigenvalue weighted by Gasteiger charge is 2.36. The van der Waals surface area contributed by atoms with Gasteiger partial charge in [0.15, 0.2) is 5.69 Å². The molecule has 0 saturated heterocycles. The predicted octanol–water partition coefficient (Wildman–Crippen LogP) is 2.54. The zero-order valence-corrected chi connectivity index (χ0v) is 8.19. The van der Waals surface area contributed by atoms with Crippen LogP contribution in [0, 0.1) is 0 Å². The second-order valence-corrected chi connectivity index (χ2v) is 2.92. The first-order chi connectivity index (χ1) is 6.86. The van der Waals surface area contributed by atoms with Gasteiger partial charge in [0.1, 0.15) is 5.69 Å². The summed E-state index contributed by atoms with van der Waals surface area (Å²) >= 11 is 5.29. The number of halogens is 4. The molecule has 0 aliphatic rings. The van der Waals surface area contributed by atoms with Crippen LogP contribution in [0.5, 0.6) is 0 Å². The Morgan fingerprint density at radius 1 is 1.47 bits per heavy atom. The van der Waals surface area contributed by atoms with Crippen molar-refractivity contribution < 1.29 is 22.7 Å². The zero-order valence-electron chi connectivity index (χ0n) is 7.43. The van der Waals surface area contributed by atoms with E-state index in [0.717, 1.165) is 19.2 Å². The Balaban J connectivity index is 3.23. The van der Waals surface area contributed by atoms with Crippen molar-refractivity contribution in [3.63, 3.8) is 0 Å². The van der Waals surface area contributed by atoms with Crippen LogP contribution in [-0.2, 0) is 10.9 Å². The van der Waals surface area contributed by atoms with Gasteiger partial charge in [-0.3, -0.25) is 0 Å². The van der Waals surface area contributed by atoms with Gasteiger partial charge in [-0.15, -0.1) is 0 Å². The smallest absolute Gasteiger partial charge is 0.434 e. The van der Waals surface area contributed by atoms with Crippen LogP contribution < -0.4 is 0 Å². The van der Waals surface area contributed by atoms with Gasteiger partial charge in [-0.1, -0.05) is 11.6 Å². The number of methoxy groups -OCH3 is 1. The summed E-state index contributed by atoms with van der Waals surface area (Å²) in [6.07, 6.45) is -4.69. The fourth-order valence-electron chi connectivity index (χ4n) is 0.859. The Hall–Kier alpha value is -1.30. The highest BCUT2D eigenvalue weighted by atomic mass is 35.5. The molecule has 1 rings (SSSR count). The molecule has 3 nitrogen and oxygen atoms in total. The van der Waals surface area contributed by atoms with Crippen LogP contribution in [0.3, 0.4) is 0 Å². The molecular formula is C8H5ClF3NO2. The van der Waals surface area contributed by atoms with Gasteiger partial charge in [-0.2, -0.15) is 13.2 Å². The summed E-state index contributed by atoms with van der Waals surface area (Å²) in [5, 5.41) is -0.560. The average molecular weight is 240 g/mol. The number of carbonyl (C=O) groups is 1. The number of aromatic nitrogens is 1. The number of pyridine rings is 1. The quantitative estimate of drug-likeness (QED) is 0.707. The van der Waals surface area contributed by atoms with Crippen LogP contribution in [0.1, 0.15) is 16.2 Å². The van der Waals surface area contributed by atoms with E-state index in [-0.39, 0.29) is 0 Å². The maximum absolute atomic E-state index is 12.3. The number of hydrogen-bond acceptors (Lipinski definition) is 3. The van der Waals surface area contributed by atoms with E-state index < -0.39 is 28.6 Å². The monoisotopic (exact) mass is 239 g/mol. The second-order valence-electron chi connectivity index (χ2n) is 2.52. The molecule has 82 valence electrons. The number of hydrogen-bond donors (Lipinski definition) is 0. The van der Waals surface area contributed by atoms with E-state index in [0.29, 0.717) is 0 Å². The number of carbonyl (C=O) groups excluding carboxylic acids is 1. The summed E-state index contributed by atoms with van der Waals surface area (Å²) in [4.78, 5) is 14.0. The lowest BCUT2D eigenvalue weighted by Gasteiger charge is -2.08. The van der Waals surface area contributed by atoms with Crippen molar-refractivity contribution >= 4 is 17.6 Å². The minimum Gasteiger partial charge on any atom is -0.464 e. The summed E-state index contributed by atoms with van der Waals surface area (Å²) < 4.78 is 41.1. The van der Waals surface area contributed by atoms with Crippen LogP contribution in [0.25, 0.3) is 0 Å². The molecule has 0 atom stereocenters. The molecule has 1 aromatic heterocycles. The molecule has 0 aliphatic carbocycles. The topological polar surface area (TPSA) is 39.2 Å². The van der Waals surface area contributed by atoms with Crippen LogP contribution in [-0.4, -0.2) is 18.1 Å². The normalized spacial score (nSPS) is 11.3. The first-order valence-corrected chi connectivity index (χ1v) is 4.06. The Morgan fingerprint density at radius 2 is 2.07 bits per heavy atom. The Labute approximate surface area is 87.8 Å². The lowest BCUT2D eigenvalue weighted by atomic mass is 10.3. The molecule has 1 heterocycles. The second kappa shape index (κ2) is 4.06. The van der Waals surface area contributed by atoms with Gasteiger partial charge in [-0.25, -0.2) is 9.78 Å². The lowest BCUT2D eigenvalue weighted by Crippen LogP contribution is -2.13. The van der Waals surface area contributed by atoms with Crippen molar-refractivity contribution in [2.24, 2.45) is 0 Å². The lowest BCUT2D eigenvalue weighted by molar-refractivity contribution is -0.141. The summed E-state index contributed by atoms with van der Waals surface area (Å²) in [5.41, 5.74) is -1.73. The van der Waals surface area contributed by atoms with E-state index in [1.54, 1.807) is 0 Å². The molecule has 0 aromatic carbocycles. The molecular weight excluding hydrogens is 235 g/mol. The van der Waals surface area contributed by atoms with Crippen molar-refractivity contribution in [1.82, 2.24) is 4.98 Å². The van der Waals surface area contributed by atoms with E-state index in [4.69, 9.17) is 11.6 Å². The third-order valence-electron chi connectivity index (χ3n) is 1.51. The molecule has 15 heavy (non-hydrogen) atoms. The molecule has 0 amide bonds. The number of nitrogens with zero attached hydrogens (tertiary/aromatic N) is 1. The van der Waals surface area contributed by atoms with E-state index in [1.165, 1.54) is 0 Å². The number of rotatable bonds is 1. The van der Waals surface area contributed by atoms with Gasteiger partial charge in [0.25, 0.3) is 0 Å². The number of alkyl halides is 3. The summed E-state index contributed by atoms with van der Waals surface area (Å²) in [6.45, 7) is 0. The molecule has 0 fully saturated rings. The van der Waals surface area contributed by atoms with Crippen molar-refractivity contribution in [3.8, 4) is 0 Å². The highest BCUT2D eigenvalue weighted by Crippen LogP contribution is 2.32. The molecule has 0 bridgehead atoms. The average Bonchev–Trinajstić information content (AvgIpc) is 2.15. The molecule has 0 saturated carbocycles. The highest BCUT2D eigenvalue weighted by molar-refractivity contribution is 6.31. The zero-order chi connectivity index (χ0) is 11.6. The molecule has 1 aromatic rings. The van der Waals surface area contributed by atoms with Crippen LogP contribution >= 0.6 is 11.6 Å². The SMILES string of the molecule is COC(=O)c1ccc(Cl)c(C(F)(F)F)n1. The predicted molar refractivity (Wildman–Crippen MR) is 45.6 cm³/mol. The van der Waals surface area contributed by atoms with Crippen LogP contribution in [0.4, 0.5) is 13.2 Å². The standard InChI is InChI=1S/C8H5ClF3NO2/c1-15-7(14)5-3-2-4(9)6(13-5)8(10,11)12/h2-3H,1H3. The van der Waals surface area contributed by atoms with Crippen molar-refractivity contribution in [2.75, 3.05) is 7.11 Å². The minimum absolute atomic E-state index is 0.436. The van der Waals surface area contributed by atoms with Crippen molar-refractivity contribution in [1.29, 1.82) is 0 Å². The van der Waals surface area contributed by atoms with E-state index in [2.05, 4.69) is 9.72 Å². The molecule has 0 aliphatic heterocycles. The fourth-order valence-corrected chi connectivity index (χ4v) is 1.07. The van der Waals surface area contributed by atoms with Gasteiger partial charge < -0.3 is 4.74 Å².